The molecule has 1 aromatic heterocycles. The summed E-state index contributed by atoms with van der Waals surface area (Å²) in [6.07, 6.45) is 1.29. The van der Waals surface area contributed by atoms with Crippen LogP contribution in [0.2, 0.25) is 5.04 Å². The lowest BCUT2D eigenvalue weighted by Crippen LogP contribution is -2.66. The van der Waals surface area contributed by atoms with Crippen LogP contribution in [0.15, 0.2) is 79.0 Å². The Bertz CT molecular complexity index is 945. The van der Waals surface area contributed by atoms with Gasteiger partial charge in [0.1, 0.15) is 0 Å². The Morgan fingerprint density at radius 2 is 1.43 bits per heavy atom. The van der Waals surface area contributed by atoms with Crippen molar-refractivity contribution in [1.82, 2.24) is 4.98 Å². The zero-order valence-electron chi connectivity index (χ0n) is 18.3. The number of methoxy groups -OCH3 is 1. The number of rotatable bonds is 6. The molecule has 0 fully saturated rings. The molecule has 2 aromatic carbocycles. The summed E-state index contributed by atoms with van der Waals surface area (Å²) in [6, 6.07) is 24.3. The smallest absolute Gasteiger partial charge is 0.339 e. The number of benzene rings is 2. The van der Waals surface area contributed by atoms with Crippen molar-refractivity contribution < 1.29 is 14.0 Å². The number of pyridine rings is 1. The van der Waals surface area contributed by atoms with Gasteiger partial charge in [0.15, 0.2) is 0 Å². The molecule has 1 heterocycles. The van der Waals surface area contributed by atoms with Crippen molar-refractivity contribution in [3.63, 3.8) is 0 Å². The van der Waals surface area contributed by atoms with Crippen LogP contribution in [0.3, 0.4) is 0 Å². The fourth-order valence-electron chi connectivity index (χ4n) is 4.04. The molecule has 0 aliphatic carbocycles. The fourth-order valence-corrected chi connectivity index (χ4v) is 8.69. The number of aromatic nitrogens is 1. The molecular formula is C25H29NO3Si. The third kappa shape index (κ3) is 4.09. The molecule has 0 saturated heterocycles. The van der Waals surface area contributed by atoms with E-state index in [0.717, 1.165) is 0 Å². The average Bonchev–Trinajstić information content (AvgIpc) is 2.77. The lowest BCUT2D eigenvalue weighted by molar-refractivity contribution is 0.0594. The number of carbonyl (C=O) groups excluding carboxylic acids is 1. The van der Waals surface area contributed by atoms with Crippen molar-refractivity contribution >= 4 is 24.7 Å². The summed E-state index contributed by atoms with van der Waals surface area (Å²) >= 11 is 0. The van der Waals surface area contributed by atoms with Gasteiger partial charge in [0.2, 0.25) is 0 Å². The molecule has 0 radical (unpaired) electrons. The second-order valence-corrected chi connectivity index (χ2v) is 12.6. The van der Waals surface area contributed by atoms with Crippen LogP contribution in [0.1, 0.15) is 49.9 Å². The van der Waals surface area contributed by atoms with Gasteiger partial charge in [0.05, 0.1) is 24.5 Å². The molecule has 4 nitrogen and oxygen atoms in total. The second kappa shape index (κ2) is 8.94. The molecule has 0 amide bonds. The largest absolute Gasteiger partial charge is 0.465 e. The minimum atomic E-state index is -2.76. The molecular weight excluding hydrogens is 390 g/mol. The molecule has 5 heteroatoms. The minimum Gasteiger partial charge on any atom is -0.465 e. The summed E-state index contributed by atoms with van der Waals surface area (Å²) in [6.45, 7) is 8.65. The van der Waals surface area contributed by atoms with E-state index < -0.39 is 20.4 Å². The Labute approximate surface area is 180 Å². The third-order valence-corrected chi connectivity index (χ3v) is 10.5. The Hall–Kier alpha value is -2.76. The summed E-state index contributed by atoms with van der Waals surface area (Å²) in [5.74, 6) is -0.406. The normalized spacial score (nSPS) is 13.0. The summed E-state index contributed by atoms with van der Waals surface area (Å²) < 4.78 is 12.0. The third-order valence-electron chi connectivity index (χ3n) is 5.40. The van der Waals surface area contributed by atoms with Crippen molar-refractivity contribution in [1.29, 1.82) is 0 Å². The van der Waals surface area contributed by atoms with Crippen LogP contribution in [0, 0.1) is 0 Å². The van der Waals surface area contributed by atoms with E-state index in [4.69, 9.17) is 9.16 Å². The standard InChI is InChI=1S/C25H29NO3Si/c1-19(23-22(24(27)28-5)17-12-18-26-23)29-30(25(2,3)4,20-13-8-6-9-14-20)21-15-10-7-11-16-21/h6-19H,1-5H3. The fraction of sp³-hybridized carbons (Fsp3) is 0.280. The predicted octanol–water partition coefficient (Wildman–Crippen LogP) is 4.51. The number of nitrogens with zero attached hydrogens (tertiary/aromatic N) is 1. The van der Waals surface area contributed by atoms with E-state index in [1.807, 2.05) is 19.1 Å². The summed E-state index contributed by atoms with van der Waals surface area (Å²) in [4.78, 5) is 16.8. The zero-order chi connectivity index (χ0) is 21.8. The molecule has 0 spiro atoms. The lowest BCUT2D eigenvalue weighted by atomic mass is 10.1. The van der Waals surface area contributed by atoms with Gasteiger partial charge < -0.3 is 9.16 Å². The van der Waals surface area contributed by atoms with Crippen LogP contribution in [0.25, 0.3) is 0 Å². The van der Waals surface area contributed by atoms with E-state index in [1.165, 1.54) is 17.5 Å². The topological polar surface area (TPSA) is 48.4 Å². The van der Waals surface area contributed by atoms with Crippen molar-refractivity contribution in [2.24, 2.45) is 0 Å². The molecule has 0 aliphatic rings. The molecule has 156 valence electrons. The average molecular weight is 420 g/mol. The van der Waals surface area contributed by atoms with Crippen molar-refractivity contribution in [2.45, 2.75) is 38.8 Å². The van der Waals surface area contributed by atoms with Crippen molar-refractivity contribution in [2.75, 3.05) is 7.11 Å². The van der Waals surface area contributed by atoms with Crippen molar-refractivity contribution in [3.8, 4) is 0 Å². The van der Waals surface area contributed by atoms with Crippen LogP contribution in [0.4, 0.5) is 0 Å². The van der Waals surface area contributed by atoms with Gasteiger partial charge in [0.25, 0.3) is 8.32 Å². The van der Waals surface area contributed by atoms with Crippen LogP contribution >= 0.6 is 0 Å². The first-order valence-corrected chi connectivity index (χ1v) is 12.0. The Kier molecular flexibility index (Phi) is 6.54. The first kappa shape index (κ1) is 21.9. The first-order valence-electron chi connectivity index (χ1n) is 10.1. The summed E-state index contributed by atoms with van der Waals surface area (Å²) in [7, 11) is -1.37. The highest BCUT2D eigenvalue weighted by Gasteiger charge is 2.51. The summed E-state index contributed by atoms with van der Waals surface area (Å²) in [5, 5.41) is 2.21. The van der Waals surface area contributed by atoms with Crippen LogP contribution in [-0.4, -0.2) is 26.4 Å². The molecule has 30 heavy (non-hydrogen) atoms. The highest BCUT2D eigenvalue weighted by atomic mass is 28.4. The highest BCUT2D eigenvalue weighted by molar-refractivity contribution is 6.99. The maximum Gasteiger partial charge on any atom is 0.339 e. The monoisotopic (exact) mass is 419 g/mol. The van der Waals surface area contributed by atoms with E-state index in [0.29, 0.717) is 11.3 Å². The van der Waals surface area contributed by atoms with E-state index >= 15 is 0 Å². The molecule has 3 rings (SSSR count). The quantitative estimate of drug-likeness (QED) is 0.436. The predicted molar refractivity (Wildman–Crippen MR) is 123 cm³/mol. The molecule has 1 atom stereocenters. The molecule has 0 N–H and O–H groups in total. The van der Waals surface area contributed by atoms with Gasteiger partial charge >= 0.3 is 5.97 Å². The highest BCUT2D eigenvalue weighted by Crippen LogP contribution is 2.39. The van der Waals surface area contributed by atoms with Gasteiger partial charge in [-0.05, 0) is 34.5 Å². The van der Waals surface area contributed by atoms with Crippen molar-refractivity contribution in [3.05, 3.63) is 90.3 Å². The molecule has 1 unspecified atom stereocenters. The Morgan fingerprint density at radius 3 is 1.90 bits per heavy atom. The second-order valence-electron chi connectivity index (χ2n) is 8.35. The van der Waals surface area contributed by atoms with Gasteiger partial charge in [-0.2, -0.15) is 0 Å². The lowest BCUT2D eigenvalue weighted by Gasteiger charge is -2.44. The maximum atomic E-state index is 12.3. The van der Waals surface area contributed by atoms with E-state index in [-0.39, 0.29) is 5.04 Å². The minimum absolute atomic E-state index is 0.163. The number of esters is 1. The van der Waals surface area contributed by atoms with E-state index in [1.54, 1.807) is 18.3 Å². The zero-order valence-corrected chi connectivity index (χ0v) is 19.3. The Balaban J connectivity index is 2.19. The number of carbonyl (C=O) groups is 1. The summed E-state index contributed by atoms with van der Waals surface area (Å²) in [5.41, 5.74) is 1.03. The van der Waals surface area contributed by atoms with Gasteiger partial charge in [0, 0.05) is 6.20 Å². The Morgan fingerprint density at radius 1 is 0.900 bits per heavy atom. The number of hydrogen-bond donors (Lipinski definition) is 0. The van der Waals surface area contributed by atoms with Gasteiger partial charge in [-0.25, -0.2) is 4.79 Å². The first-order chi connectivity index (χ1) is 14.3. The number of hydrogen-bond acceptors (Lipinski definition) is 4. The van der Waals surface area contributed by atoms with Gasteiger partial charge in [-0.1, -0.05) is 81.4 Å². The van der Waals surface area contributed by atoms with Gasteiger partial charge in [-0.15, -0.1) is 0 Å². The van der Waals surface area contributed by atoms with Crippen LogP contribution in [0.5, 0.6) is 0 Å². The van der Waals surface area contributed by atoms with Crippen LogP contribution in [-0.2, 0) is 9.16 Å². The number of ether oxygens (including phenoxy) is 1. The van der Waals surface area contributed by atoms with Gasteiger partial charge in [-0.3, -0.25) is 4.98 Å². The van der Waals surface area contributed by atoms with E-state index in [2.05, 4.69) is 74.3 Å². The molecule has 3 aromatic rings. The van der Waals surface area contributed by atoms with E-state index in [9.17, 15) is 4.79 Å². The maximum absolute atomic E-state index is 12.3. The molecule has 0 saturated carbocycles. The SMILES string of the molecule is COC(=O)c1cccnc1C(C)O[Si](c1ccccc1)(c1ccccc1)C(C)(C)C. The van der Waals surface area contributed by atoms with Crippen LogP contribution < -0.4 is 10.4 Å². The molecule has 0 bridgehead atoms. The molecule has 0 aliphatic heterocycles.